The fraction of sp³-hybridized carbons (Fsp3) is 0.400. The van der Waals surface area contributed by atoms with Crippen molar-refractivity contribution in [3.8, 4) is 0 Å². The Labute approximate surface area is 82.0 Å². The van der Waals surface area contributed by atoms with E-state index in [0.717, 1.165) is 5.48 Å². The van der Waals surface area contributed by atoms with Crippen molar-refractivity contribution in [2.45, 2.75) is 12.2 Å². The van der Waals surface area contributed by atoms with Crippen LogP contribution < -0.4 is 5.48 Å². The summed E-state index contributed by atoms with van der Waals surface area (Å²) in [5, 5.41) is 47.2. The summed E-state index contributed by atoms with van der Waals surface area (Å²) in [6.07, 6.45) is -5.97. The number of aliphatic carboxylic acids is 2. The Kier molecular flexibility index (Phi) is 7.77. The van der Waals surface area contributed by atoms with Crippen molar-refractivity contribution in [3.63, 3.8) is 0 Å². The van der Waals surface area contributed by atoms with Gasteiger partial charge in [-0.1, -0.05) is 0 Å². The predicted molar refractivity (Wildman–Crippen MR) is 40.2 cm³/mol. The minimum absolute atomic E-state index is 0.944. The molecule has 0 rings (SSSR count). The lowest BCUT2D eigenvalue weighted by Gasteiger charge is -2.07. The van der Waals surface area contributed by atoms with Crippen molar-refractivity contribution < 1.29 is 45.1 Å². The smallest absolute Gasteiger partial charge is 0.428 e. The van der Waals surface area contributed by atoms with Crippen molar-refractivity contribution in [1.29, 1.82) is 0 Å². The molecule has 10 heteroatoms. The number of hydroxylamine groups is 1. The maximum atomic E-state index is 9.77. The highest BCUT2D eigenvalue weighted by Gasteiger charge is 2.29. The maximum absolute atomic E-state index is 9.77. The summed E-state index contributed by atoms with van der Waals surface area (Å²) >= 11 is 0. The summed E-state index contributed by atoms with van der Waals surface area (Å²) in [6.45, 7) is 0. The summed E-state index contributed by atoms with van der Waals surface area (Å²) in [6, 6.07) is 0. The van der Waals surface area contributed by atoms with Crippen molar-refractivity contribution in [2.75, 3.05) is 0 Å². The van der Waals surface area contributed by atoms with Crippen LogP contribution in [0.3, 0.4) is 0 Å². The Morgan fingerprint density at radius 3 is 1.13 bits per heavy atom. The molecule has 0 aromatic carbocycles. The normalized spacial score (nSPS) is 12.7. The Hall–Kier alpha value is -1.91. The highest BCUT2D eigenvalue weighted by Crippen LogP contribution is 1.92. The number of aliphatic hydroxyl groups is 2. The van der Waals surface area contributed by atoms with E-state index in [-0.39, 0.29) is 0 Å². The van der Waals surface area contributed by atoms with Gasteiger partial charge in [0.2, 0.25) is 0 Å². The van der Waals surface area contributed by atoms with Gasteiger partial charge < -0.3 is 25.5 Å². The number of rotatable bonds is 3. The molecule has 0 heterocycles. The minimum atomic E-state index is -2.27. The van der Waals surface area contributed by atoms with Gasteiger partial charge in [-0.2, -0.15) is 0 Å². The zero-order chi connectivity index (χ0) is 12.6. The van der Waals surface area contributed by atoms with Crippen LogP contribution in [0.1, 0.15) is 0 Å². The van der Waals surface area contributed by atoms with Crippen molar-refractivity contribution in [3.05, 3.63) is 0 Å². The molecule has 2 atom stereocenters. The van der Waals surface area contributed by atoms with E-state index < -0.39 is 30.2 Å². The van der Waals surface area contributed by atoms with E-state index in [2.05, 4.69) is 0 Å². The van der Waals surface area contributed by atoms with E-state index in [1.165, 1.54) is 0 Å². The van der Waals surface area contributed by atoms with Crippen molar-refractivity contribution in [1.82, 2.24) is 5.48 Å². The summed E-state index contributed by atoms with van der Waals surface area (Å²) < 4.78 is 0. The van der Waals surface area contributed by atoms with Gasteiger partial charge in [0, 0.05) is 0 Å². The number of carbonyl (C=O) groups is 3. The van der Waals surface area contributed by atoms with Crippen LogP contribution in [0.4, 0.5) is 4.79 Å². The van der Waals surface area contributed by atoms with Gasteiger partial charge in [0.25, 0.3) is 0 Å². The molecule has 7 N–H and O–H groups in total. The molecule has 0 bridgehead atoms. The van der Waals surface area contributed by atoms with Crippen LogP contribution in [0.15, 0.2) is 0 Å². The number of hydrogen-bond donors (Lipinski definition) is 7. The molecule has 0 fully saturated rings. The second-order valence-electron chi connectivity index (χ2n) is 1.98. The lowest BCUT2D eigenvalue weighted by molar-refractivity contribution is -0.165. The molecule has 0 aliphatic rings. The molecule has 0 aliphatic carbocycles. The summed E-state index contributed by atoms with van der Waals surface area (Å²) in [5.74, 6) is -3.54. The topological polar surface area (TPSA) is 185 Å². The van der Waals surface area contributed by atoms with Gasteiger partial charge in [-0.3, -0.25) is 5.21 Å². The van der Waals surface area contributed by atoms with E-state index in [1.807, 2.05) is 0 Å². The minimum Gasteiger partial charge on any atom is -0.479 e. The van der Waals surface area contributed by atoms with Gasteiger partial charge in [-0.25, -0.2) is 19.9 Å². The molecular formula is C5H9NO9. The molecule has 88 valence electrons. The third-order valence-electron chi connectivity index (χ3n) is 0.901. The van der Waals surface area contributed by atoms with Gasteiger partial charge >= 0.3 is 18.0 Å². The van der Waals surface area contributed by atoms with Crippen LogP contribution in [0.2, 0.25) is 0 Å². The van der Waals surface area contributed by atoms with Gasteiger partial charge in [0.1, 0.15) is 0 Å². The van der Waals surface area contributed by atoms with Crippen LogP contribution in [-0.4, -0.2) is 61.0 Å². The molecule has 0 aromatic rings. The largest absolute Gasteiger partial charge is 0.479 e. The van der Waals surface area contributed by atoms with Gasteiger partial charge in [0.15, 0.2) is 12.2 Å². The summed E-state index contributed by atoms with van der Waals surface area (Å²) in [7, 11) is 0. The van der Waals surface area contributed by atoms with Crippen molar-refractivity contribution >= 4 is 18.0 Å². The van der Waals surface area contributed by atoms with E-state index in [0.29, 0.717) is 0 Å². The SMILES string of the molecule is O=C(O)C(O)C(O)C(=O)O.O=C(O)NO. The van der Waals surface area contributed by atoms with Crippen LogP contribution in [0.25, 0.3) is 0 Å². The number of amides is 1. The summed E-state index contributed by atoms with van der Waals surface area (Å²) in [4.78, 5) is 28.6. The lowest BCUT2D eigenvalue weighted by Crippen LogP contribution is -2.39. The highest BCUT2D eigenvalue weighted by atomic mass is 16.5. The molecule has 0 radical (unpaired) electrons. The molecule has 0 saturated carbocycles. The summed E-state index contributed by atoms with van der Waals surface area (Å²) in [5.41, 5.74) is 0.944. The van der Waals surface area contributed by atoms with E-state index >= 15 is 0 Å². The lowest BCUT2D eigenvalue weighted by atomic mass is 10.2. The average molecular weight is 227 g/mol. The Bertz CT molecular complexity index is 221. The number of hydrogen-bond acceptors (Lipinski definition) is 6. The quantitative estimate of drug-likeness (QED) is 0.202. The first-order chi connectivity index (χ1) is 6.73. The number of carboxylic acids is 2. The van der Waals surface area contributed by atoms with E-state index in [9.17, 15) is 9.59 Å². The highest BCUT2D eigenvalue weighted by molar-refractivity contribution is 5.83. The fourth-order valence-corrected chi connectivity index (χ4v) is 0.270. The standard InChI is InChI=1S/C4H6O6.CH3NO3/c5-1(3(7)8)2(6)4(9)10;3-1(4)2-5/h1-2,5-6H,(H,7,8)(H,9,10);2,5H,(H,3,4). The first-order valence-electron chi connectivity index (χ1n) is 3.18. The Morgan fingerprint density at radius 1 is 0.867 bits per heavy atom. The number of carboxylic acid groups (broad SMARTS) is 3. The monoisotopic (exact) mass is 227 g/mol. The third kappa shape index (κ3) is 8.42. The molecule has 1 amide bonds. The molecule has 0 spiro atoms. The fourth-order valence-electron chi connectivity index (χ4n) is 0.270. The first kappa shape index (κ1) is 15.6. The van der Waals surface area contributed by atoms with Crippen LogP contribution >= 0.6 is 0 Å². The molecule has 0 saturated heterocycles. The molecule has 2 unspecified atom stereocenters. The molecular weight excluding hydrogens is 218 g/mol. The van der Waals surface area contributed by atoms with E-state index in [1.54, 1.807) is 0 Å². The van der Waals surface area contributed by atoms with Crippen LogP contribution in [0.5, 0.6) is 0 Å². The van der Waals surface area contributed by atoms with Crippen molar-refractivity contribution in [2.24, 2.45) is 0 Å². The predicted octanol–water partition coefficient (Wildman–Crippen LogP) is -2.48. The zero-order valence-electron chi connectivity index (χ0n) is 7.06. The molecule has 0 aromatic heterocycles. The molecule has 0 aliphatic heterocycles. The van der Waals surface area contributed by atoms with Crippen LogP contribution in [-0.2, 0) is 9.59 Å². The molecule has 15 heavy (non-hydrogen) atoms. The number of nitrogens with one attached hydrogen (secondary N) is 1. The van der Waals surface area contributed by atoms with E-state index in [4.69, 9.17) is 35.5 Å². The first-order valence-corrected chi connectivity index (χ1v) is 3.18. The average Bonchev–Trinajstić information content (AvgIpc) is 2.16. The number of aliphatic hydroxyl groups excluding tert-OH is 2. The Morgan fingerprint density at radius 2 is 1.07 bits per heavy atom. The Balaban J connectivity index is 0. The zero-order valence-corrected chi connectivity index (χ0v) is 7.06. The van der Waals surface area contributed by atoms with Gasteiger partial charge in [0.05, 0.1) is 0 Å². The third-order valence-corrected chi connectivity index (χ3v) is 0.901. The van der Waals surface area contributed by atoms with Gasteiger partial charge in [-0.15, -0.1) is 0 Å². The second-order valence-corrected chi connectivity index (χ2v) is 1.98. The molecule has 10 nitrogen and oxygen atoms in total. The van der Waals surface area contributed by atoms with Crippen LogP contribution in [0, 0.1) is 0 Å². The maximum Gasteiger partial charge on any atom is 0.428 e. The van der Waals surface area contributed by atoms with Gasteiger partial charge in [-0.05, 0) is 0 Å². The second kappa shape index (κ2) is 7.49.